The van der Waals surface area contributed by atoms with Crippen LogP contribution in [-0.4, -0.2) is 36.9 Å². The standard InChI is InChI=1S/C14H11BrFN5O2/c1-7-12-10(23-14(16)18-12)2-3-20(7)13(22)9-4-11-17-5-8(15)6-21(11)19-9/h4-7H,2-3H2,1H3. The Morgan fingerprint density at radius 3 is 3.17 bits per heavy atom. The minimum atomic E-state index is -0.863. The number of amides is 1. The molecule has 7 nitrogen and oxygen atoms in total. The molecule has 0 saturated heterocycles. The largest absolute Gasteiger partial charge is 0.420 e. The number of oxazole rings is 1. The van der Waals surface area contributed by atoms with E-state index in [9.17, 15) is 9.18 Å². The zero-order valence-electron chi connectivity index (χ0n) is 12.0. The predicted octanol–water partition coefficient (Wildman–Crippen LogP) is 2.38. The summed E-state index contributed by atoms with van der Waals surface area (Å²) < 4.78 is 20.4. The summed E-state index contributed by atoms with van der Waals surface area (Å²) >= 11 is 3.31. The van der Waals surface area contributed by atoms with E-state index in [1.165, 1.54) is 4.52 Å². The van der Waals surface area contributed by atoms with Crippen molar-refractivity contribution in [1.82, 2.24) is 24.5 Å². The van der Waals surface area contributed by atoms with Crippen molar-refractivity contribution in [2.45, 2.75) is 19.4 Å². The lowest BCUT2D eigenvalue weighted by molar-refractivity contribution is 0.0661. The smallest absolute Gasteiger partial charge is 0.381 e. The van der Waals surface area contributed by atoms with Crippen molar-refractivity contribution in [3.05, 3.63) is 46.2 Å². The molecule has 0 saturated carbocycles. The molecule has 0 fully saturated rings. The van der Waals surface area contributed by atoms with Gasteiger partial charge in [0.2, 0.25) is 0 Å². The fourth-order valence-electron chi connectivity index (χ4n) is 2.79. The summed E-state index contributed by atoms with van der Waals surface area (Å²) in [6.07, 6.45) is 2.93. The molecule has 0 N–H and O–H groups in total. The topological polar surface area (TPSA) is 76.5 Å². The van der Waals surface area contributed by atoms with Crippen LogP contribution in [0.4, 0.5) is 4.39 Å². The molecule has 1 aliphatic rings. The highest BCUT2D eigenvalue weighted by atomic mass is 79.9. The van der Waals surface area contributed by atoms with E-state index in [4.69, 9.17) is 4.42 Å². The van der Waals surface area contributed by atoms with Crippen LogP contribution < -0.4 is 0 Å². The SMILES string of the molecule is CC1c2nc(F)oc2CCN1C(=O)c1cc2ncc(Br)cn2n1. The average molecular weight is 380 g/mol. The lowest BCUT2D eigenvalue weighted by Crippen LogP contribution is -2.39. The monoisotopic (exact) mass is 379 g/mol. The van der Waals surface area contributed by atoms with Crippen molar-refractivity contribution in [3.8, 4) is 0 Å². The predicted molar refractivity (Wildman–Crippen MR) is 80.3 cm³/mol. The van der Waals surface area contributed by atoms with Crippen LogP contribution in [0.3, 0.4) is 0 Å². The second kappa shape index (κ2) is 5.12. The van der Waals surface area contributed by atoms with E-state index in [-0.39, 0.29) is 17.6 Å². The molecule has 0 aromatic carbocycles. The van der Waals surface area contributed by atoms with Crippen LogP contribution in [0.25, 0.3) is 5.65 Å². The van der Waals surface area contributed by atoms with Crippen molar-refractivity contribution in [2.75, 3.05) is 6.54 Å². The Morgan fingerprint density at radius 1 is 1.52 bits per heavy atom. The highest BCUT2D eigenvalue weighted by Gasteiger charge is 2.33. The van der Waals surface area contributed by atoms with Crippen LogP contribution in [0.1, 0.15) is 34.9 Å². The third-order valence-corrected chi connectivity index (χ3v) is 4.32. The molecule has 9 heteroatoms. The molecule has 23 heavy (non-hydrogen) atoms. The van der Waals surface area contributed by atoms with Gasteiger partial charge in [-0.25, -0.2) is 9.50 Å². The lowest BCUT2D eigenvalue weighted by Gasteiger charge is -2.31. The van der Waals surface area contributed by atoms with Gasteiger partial charge in [0.1, 0.15) is 11.5 Å². The van der Waals surface area contributed by atoms with Crippen molar-refractivity contribution >= 4 is 27.5 Å². The molecule has 0 aliphatic carbocycles. The Hall–Kier alpha value is -2.29. The number of nitrogens with zero attached hydrogens (tertiary/aromatic N) is 5. The van der Waals surface area contributed by atoms with Gasteiger partial charge in [-0.1, -0.05) is 0 Å². The fourth-order valence-corrected chi connectivity index (χ4v) is 3.08. The van der Waals surface area contributed by atoms with Gasteiger partial charge in [-0.3, -0.25) is 4.79 Å². The Labute approximate surface area is 138 Å². The van der Waals surface area contributed by atoms with Crippen LogP contribution in [0.15, 0.2) is 27.3 Å². The molecule has 3 aromatic heterocycles. The van der Waals surface area contributed by atoms with Gasteiger partial charge in [0.25, 0.3) is 5.91 Å². The van der Waals surface area contributed by atoms with Crippen LogP contribution in [0.5, 0.6) is 0 Å². The van der Waals surface area contributed by atoms with Gasteiger partial charge in [-0.2, -0.15) is 10.1 Å². The molecule has 4 heterocycles. The molecule has 118 valence electrons. The van der Waals surface area contributed by atoms with Crippen molar-refractivity contribution in [2.24, 2.45) is 0 Å². The summed E-state index contributed by atoms with van der Waals surface area (Å²) in [6, 6.07) is 1.25. The highest BCUT2D eigenvalue weighted by molar-refractivity contribution is 9.10. The summed E-state index contributed by atoms with van der Waals surface area (Å²) in [7, 11) is 0. The number of halogens is 2. The van der Waals surface area contributed by atoms with E-state index in [1.54, 1.807) is 30.3 Å². The Bertz CT molecular complexity index is 921. The van der Waals surface area contributed by atoms with E-state index in [2.05, 4.69) is 31.0 Å². The van der Waals surface area contributed by atoms with Crippen LogP contribution in [0, 0.1) is 6.14 Å². The van der Waals surface area contributed by atoms with E-state index in [1.807, 2.05) is 0 Å². The zero-order chi connectivity index (χ0) is 16.1. The first-order valence-electron chi connectivity index (χ1n) is 7.00. The van der Waals surface area contributed by atoms with Crippen LogP contribution >= 0.6 is 15.9 Å². The van der Waals surface area contributed by atoms with Gasteiger partial charge in [0, 0.05) is 31.4 Å². The van der Waals surface area contributed by atoms with E-state index in [0.717, 1.165) is 4.47 Å². The summed E-state index contributed by atoms with van der Waals surface area (Å²) in [5.41, 5.74) is 1.33. The molecule has 0 bridgehead atoms. The average Bonchev–Trinajstić information content (AvgIpc) is 3.09. The maximum absolute atomic E-state index is 13.2. The molecule has 4 rings (SSSR count). The van der Waals surface area contributed by atoms with Gasteiger partial charge < -0.3 is 9.32 Å². The summed E-state index contributed by atoms with van der Waals surface area (Å²) in [5, 5.41) is 4.26. The van der Waals surface area contributed by atoms with Gasteiger partial charge >= 0.3 is 6.14 Å². The summed E-state index contributed by atoms with van der Waals surface area (Å²) in [5.74, 6) is 0.257. The number of fused-ring (bicyclic) bond motifs is 2. The van der Waals surface area contributed by atoms with E-state index in [0.29, 0.717) is 30.1 Å². The second-order valence-electron chi connectivity index (χ2n) is 5.30. The molecule has 0 spiro atoms. The maximum Gasteiger partial charge on any atom is 0.381 e. The molecule has 3 aromatic rings. The summed E-state index contributed by atoms with van der Waals surface area (Å²) in [6.45, 7) is 2.22. The number of carbonyl (C=O) groups is 1. The number of hydrogen-bond acceptors (Lipinski definition) is 5. The van der Waals surface area contributed by atoms with Gasteiger partial charge in [-0.05, 0) is 22.9 Å². The lowest BCUT2D eigenvalue weighted by atomic mass is 10.0. The molecule has 0 radical (unpaired) electrons. The van der Waals surface area contributed by atoms with E-state index >= 15 is 0 Å². The van der Waals surface area contributed by atoms with Crippen LogP contribution in [-0.2, 0) is 6.42 Å². The van der Waals surface area contributed by atoms with Gasteiger partial charge in [0.05, 0.1) is 10.5 Å². The first-order chi connectivity index (χ1) is 11.0. The van der Waals surface area contributed by atoms with Crippen molar-refractivity contribution < 1.29 is 13.6 Å². The maximum atomic E-state index is 13.2. The molecule has 1 aliphatic heterocycles. The van der Waals surface area contributed by atoms with Gasteiger partial charge in [-0.15, -0.1) is 4.39 Å². The highest BCUT2D eigenvalue weighted by Crippen LogP contribution is 2.30. The molecular formula is C14H11BrFN5O2. The minimum absolute atomic E-state index is 0.242. The second-order valence-corrected chi connectivity index (χ2v) is 6.22. The summed E-state index contributed by atoms with van der Waals surface area (Å²) in [4.78, 5) is 22.3. The first-order valence-corrected chi connectivity index (χ1v) is 7.79. The van der Waals surface area contributed by atoms with Crippen molar-refractivity contribution in [3.63, 3.8) is 0 Å². The molecule has 1 atom stereocenters. The minimum Gasteiger partial charge on any atom is -0.420 e. The number of aromatic nitrogens is 4. The third-order valence-electron chi connectivity index (χ3n) is 3.91. The fraction of sp³-hybridized carbons (Fsp3) is 0.286. The van der Waals surface area contributed by atoms with Gasteiger partial charge in [0.15, 0.2) is 11.3 Å². The zero-order valence-corrected chi connectivity index (χ0v) is 13.6. The Balaban J connectivity index is 1.68. The molecule has 1 unspecified atom stereocenters. The molecular weight excluding hydrogens is 369 g/mol. The quantitative estimate of drug-likeness (QED) is 0.648. The normalized spacial score (nSPS) is 17.5. The van der Waals surface area contributed by atoms with Crippen LogP contribution in [0.2, 0.25) is 0 Å². The Kier molecular flexibility index (Phi) is 3.19. The third kappa shape index (κ3) is 2.31. The van der Waals surface area contributed by atoms with E-state index < -0.39 is 6.14 Å². The number of rotatable bonds is 1. The Morgan fingerprint density at radius 2 is 2.35 bits per heavy atom. The number of hydrogen-bond donors (Lipinski definition) is 0. The number of carbonyl (C=O) groups excluding carboxylic acids is 1. The molecule has 1 amide bonds. The van der Waals surface area contributed by atoms with Crippen molar-refractivity contribution in [1.29, 1.82) is 0 Å². The first kappa shape index (κ1) is 14.3.